The lowest BCUT2D eigenvalue weighted by Crippen LogP contribution is -2.31. The summed E-state index contributed by atoms with van der Waals surface area (Å²) >= 11 is 0. The van der Waals surface area contributed by atoms with Gasteiger partial charge in [-0.1, -0.05) is 5.16 Å². The maximum Gasteiger partial charge on any atom is 0.232 e. The van der Waals surface area contributed by atoms with E-state index in [1.54, 1.807) is 4.68 Å². The number of aryl methyl sites for hydroxylation is 1. The molecule has 0 saturated carbocycles. The summed E-state index contributed by atoms with van der Waals surface area (Å²) in [6.07, 6.45) is 0.413. The van der Waals surface area contributed by atoms with Gasteiger partial charge in [0.2, 0.25) is 17.6 Å². The van der Waals surface area contributed by atoms with E-state index in [2.05, 4.69) is 15.2 Å². The van der Waals surface area contributed by atoms with Crippen LogP contribution in [0.5, 0.6) is 0 Å². The van der Waals surface area contributed by atoms with Gasteiger partial charge in [-0.2, -0.15) is 10.1 Å². The maximum atomic E-state index is 12.1. The molecule has 0 radical (unpaired) electrons. The second-order valence-electron chi connectivity index (χ2n) is 7.17. The van der Waals surface area contributed by atoms with Crippen LogP contribution in [-0.4, -0.2) is 43.3 Å². The molecule has 1 aliphatic rings. The van der Waals surface area contributed by atoms with E-state index in [-0.39, 0.29) is 17.9 Å². The van der Waals surface area contributed by atoms with E-state index < -0.39 is 0 Å². The van der Waals surface area contributed by atoms with Gasteiger partial charge in [0, 0.05) is 30.6 Å². The monoisotopic (exact) mass is 366 g/mol. The Bertz CT molecular complexity index is 973. The Kier molecular flexibility index (Phi) is 4.18. The summed E-state index contributed by atoms with van der Waals surface area (Å²) in [6.45, 7) is 6.54. The van der Waals surface area contributed by atoms with E-state index >= 15 is 0 Å². The summed E-state index contributed by atoms with van der Waals surface area (Å²) in [5.41, 5.74) is 8.53. The Morgan fingerprint density at radius 1 is 1.26 bits per heavy atom. The number of carbonyl (C=O) groups excluding carboxylic acids is 1. The van der Waals surface area contributed by atoms with Crippen molar-refractivity contribution in [3.8, 4) is 17.1 Å². The van der Waals surface area contributed by atoms with Gasteiger partial charge in [-0.15, -0.1) is 0 Å². The van der Waals surface area contributed by atoms with Crippen LogP contribution in [0.1, 0.15) is 37.8 Å². The average Bonchev–Trinajstić information content (AvgIpc) is 3.33. The summed E-state index contributed by atoms with van der Waals surface area (Å²) in [5, 5.41) is 8.46. The fourth-order valence-corrected chi connectivity index (χ4v) is 3.39. The number of nitrogen functional groups attached to an aromatic ring is 1. The van der Waals surface area contributed by atoms with Crippen molar-refractivity contribution in [2.75, 3.05) is 12.3 Å². The van der Waals surface area contributed by atoms with Crippen LogP contribution in [0.3, 0.4) is 0 Å². The maximum absolute atomic E-state index is 12.1. The molecule has 8 nitrogen and oxygen atoms in total. The Morgan fingerprint density at radius 3 is 2.59 bits per heavy atom. The Labute approximate surface area is 157 Å². The molecule has 0 aliphatic carbocycles. The molecule has 1 fully saturated rings. The summed E-state index contributed by atoms with van der Waals surface area (Å²) in [4.78, 5) is 18.5. The van der Waals surface area contributed by atoms with Crippen molar-refractivity contribution in [3.05, 3.63) is 41.9 Å². The molecular formula is C19H22N6O2. The molecule has 0 spiro atoms. The lowest BCUT2D eigenvalue weighted by atomic mass is 10.1. The van der Waals surface area contributed by atoms with E-state index in [9.17, 15) is 4.79 Å². The SMILES string of the molecule is Cc1cc(N)n(-c2ccc(-c3noc([C@@H]4CC(=O)N(C(C)C)C4)n3)cc2)n1. The molecule has 8 heteroatoms. The molecule has 1 atom stereocenters. The smallest absolute Gasteiger partial charge is 0.232 e. The van der Waals surface area contributed by atoms with Gasteiger partial charge in [0.25, 0.3) is 0 Å². The minimum atomic E-state index is -0.0488. The lowest BCUT2D eigenvalue weighted by Gasteiger charge is -2.20. The molecule has 2 N–H and O–H groups in total. The zero-order valence-corrected chi connectivity index (χ0v) is 15.6. The van der Waals surface area contributed by atoms with Crippen molar-refractivity contribution in [2.24, 2.45) is 0 Å². The highest BCUT2D eigenvalue weighted by molar-refractivity contribution is 5.79. The zero-order chi connectivity index (χ0) is 19.1. The molecule has 1 aromatic carbocycles. The average molecular weight is 366 g/mol. The van der Waals surface area contributed by atoms with Crippen LogP contribution in [0.25, 0.3) is 17.1 Å². The van der Waals surface area contributed by atoms with E-state index in [0.717, 1.165) is 16.9 Å². The number of nitrogens with zero attached hydrogens (tertiary/aromatic N) is 5. The standard InChI is InChI=1S/C19H22N6O2/c1-11(2)24-10-14(9-17(24)26)19-21-18(23-27-19)13-4-6-15(7-5-13)25-16(20)8-12(3)22-25/h4-8,11,14H,9-10,20H2,1-3H3/t14-/m1/s1. The van der Waals surface area contributed by atoms with E-state index in [4.69, 9.17) is 10.3 Å². The number of amides is 1. The van der Waals surface area contributed by atoms with E-state index in [1.165, 1.54) is 0 Å². The van der Waals surface area contributed by atoms with Crippen molar-refractivity contribution in [1.29, 1.82) is 0 Å². The third-order valence-electron chi connectivity index (χ3n) is 4.80. The van der Waals surface area contributed by atoms with Gasteiger partial charge in [-0.25, -0.2) is 4.68 Å². The minimum absolute atomic E-state index is 0.0488. The van der Waals surface area contributed by atoms with Crippen molar-refractivity contribution < 1.29 is 9.32 Å². The van der Waals surface area contributed by atoms with Gasteiger partial charge < -0.3 is 15.2 Å². The fraction of sp³-hybridized carbons (Fsp3) is 0.368. The number of hydrogen-bond donors (Lipinski definition) is 1. The van der Waals surface area contributed by atoms with Crippen molar-refractivity contribution >= 4 is 11.7 Å². The zero-order valence-electron chi connectivity index (χ0n) is 15.6. The number of carbonyl (C=O) groups is 1. The fourth-order valence-electron chi connectivity index (χ4n) is 3.39. The minimum Gasteiger partial charge on any atom is -0.384 e. The summed E-state index contributed by atoms with van der Waals surface area (Å²) in [5.74, 6) is 1.69. The highest BCUT2D eigenvalue weighted by atomic mass is 16.5. The van der Waals surface area contributed by atoms with Crippen LogP contribution >= 0.6 is 0 Å². The van der Waals surface area contributed by atoms with Gasteiger partial charge in [-0.05, 0) is 45.0 Å². The summed E-state index contributed by atoms with van der Waals surface area (Å²) < 4.78 is 7.13. The molecule has 3 aromatic rings. The van der Waals surface area contributed by atoms with Crippen molar-refractivity contribution in [2.45, 2.75) is 39.2 Å². The van der Waals surface area contributed by atoms with Crippen molar-refractivity contribution in [3.63, 3.8) is 0 Å². The number of nitrogens with two attached hydrogens (primary N) is 1. The lowest BCUT2D eigenvalue weighted by molar-refractivity contribution is -0.129. The summed E-state index contributed by atoms with van der Waals surface area (Å²) in [7, 11) is 0. The first kappa shape index (κ1) is 17.3. The molecule has 4 rings (SSSR count). The first-order valence-corrected chi connectivity index (χ1v) is 8.98. The van der Waals surface area contributed by atoms with Gasteiger partial charge in [0.05, 0.1) is 17.3 Å². The number of hydrogen-bond acceptors (Lipinski definition) is 6. The topological polar surface area (TPSA) is 103 Å². The third-order valence-corrected chi connectivity index (χ3v) is 4.80. The second-order valence-corrected chi connectivity index (χ2v) is 7.17. The van der Waals surface area contributed by atoms with E-state index in [0.29, 0.717) is 30.5 Å². The molecular weight excluding hydrogens is 344 g/mol. The molecule has 140 valence electrons. The van der Waals surface area contributed by atoms with E-state index in [1.807, 2.05) is 56.0 Å². The summed E-state index contributed by atoms with van der Waals surface area (Å²) in [6, 6.07) is 9.63. The highest BCUT2D eigenvalue weighted by Crippen LogP contribution is 2.30. The predicted molar refractivity (Wildman–Crippen MR) is 100 cm³/mol. The van der Waals surface area contributed by atoms with Crippen LogP contribution in [0.4, 0.5) is 5.82 Å². The molecule has 1 amide bonds. The molecule has 27 heavy (non-hydrogen) atoms. The largest absolute Gasteiger partial charge is 0.384 e. The molecule has 0 unspecified atom stereocenters. The Hall–Kier alpha value is -3.16. The molecule has 1 saturated heterocycles. The second kappa shape index (κ2) is 6.53. The van der Waals surface area contributed by atoms with Gasteiger partial charge in [0.15, 0.2) is 0 Å². The van der Waals surface area contributed by atoms with Gasteiger partial charge >= 0.3 is 0 Å². The van der Waals surface area contributed by atoms with Crippen LogP contribution in [0.2, 0.25) is 0 Å². The quantitative estimate of drug-likeness (QED) is 0.761. The number of likely N-dealkylation sites (tertiary alicyclic amines) is 1. The van der Waals surface area contributed by atoms with Crippen LogP contribution in [-0.2, 0) is 4.79 Å². The van der Waals surface area contributed by atoms with Crippen LogP contribution in [0.15, 0.2) is 34.9 Å². The van der Waals surface area contributed by atoms with Gasteiger partial charge in [0.1, 0.15) is 5.82 Å². The molecule has 0 bridgehead atoms. The molecule has 1 aliphatic heterocycles. The first-order valence-electron chi connectivity index (χ1n) is 8.98. The normalized spacial score (nSPS) is 17.3. The van der Waals surface area contributed by atoms with Crippen molar-refractivity contribution in [1.82, 2.24) is 24.8 Å². The molecule has 3 heterocycles. The Balaban J connectivity index is 1.54. The number of aromatic nitrogens is 4. The number of rotatable bonds is 4. The highest BCUT2D eigenvalue weighted by Gasteiger charge is 2.35. The molecule has 2 aromatic heterocycles. The Morgan fingerprint density at radius 2 is 2.00 bits per heavy atom. The third kappa shape index (κ3) is 3.18. The number of benzene rings is 1. The van der Waals surface area contributed by atoms with Gasteiger partial charge in [-0.3, -0.25) is 4.79 Å². The van der Waals surface area contributed by atoms with Crippen LogP contribution in [0, 0.1) is 6.92 Å². The van der Waals surface area contributed by atoms with Crippen LogP contribution < -0.4 is 5.73 Å². The predicted octanol–water partition coefficient (Wildman–Crippen LogP) is 2.54. The number of anilines is 1. The first-order chi connectivity index (χ1) is 12.9.